The van der Waals surface area contributed by atoms with Crippen LogP contribution in [0.5, 0.6) is 0 Å². The molecule has 2 aromatic rings. The third kappa shape index (κ3) is 1.63. The minimum absolute atomic E-state index is 0.748. The zero-order chi connectivity index (χ0) is 11.9. The van der Waals surface area contributed by atoms with Gasteiger partial charge >= 0.3 is 0 Å². The quantitative estimate of drug-likeness (QED) is 0.815. The van der Waals surface area contributed by atoms with Gasteiger partial charge in [-0.3, -0.25) is 0 Å². The second-order valence-electron chi connectivity index (χ2n) is 3.91. The molecule has 0 amide bonds. The molecule has 0 saturated heterocycles. The van der Waals surface area contributed by atoms with Gasteiger partial charge in [-0.05, 0) is 48.3 Å². The Morgan fingerprint density at radius 1 is 1.25 bits per heavy atom. The van der Waals surface area contributed by atoms with E-state index in [1.54, 1.807) is 0 Å². The van der Waals surface area contributed by atoms with Crippen LogP contribution in [0.4, 0.5) is 5.69 Å². The highest BCUT2D eigenvalue weighted by atomic mass is 79.9. The van der Waals surface area contributed by atoms with Crippen molar-refractivity contribution in [1.29, 1.82) is 0 Å². The first-order valence-corrected chi connectivity index (χ1v) is 5.89. The summed E-state index contributed by atoms with van der Waals surface area (Å²) >= 11 is 3.52. The van der Waals surface area contributed by atoms with Gasteiger partial charge in [0.1, 0.15) is 0 Å². The molecule has 1 aromatic carbocycles. The molecule has 0 radical (unpaired) electrons. The zero-order valence-electron chi connectivity index (χ0n) is 9.58. The molecule has 84 valence electrons. The maximum absolute atomic E-state index is 6.01. The first-order chi connectivity index (χ1) is 7.52. The lowest BCUT2D eigenvalue weighted by Crippen LogP contribution is -2.05. The summed E-state index contributed by atoms with van der Waals surface area (Å²) in [5, 5.41) is 4.49. The summed E-state index contributed by atoms with van der Waals surface area (Å²) < 4.78 is 2.93. The molecule has 0 aliphatic rings. The number of nitrogens with two attached hydrogens (primary N) is 1. The number of anilines is 1. The van der Waals surface area contributed by atoms with E-state index < -0.39 is 0 Å². The lowest BCUT2D eigenvalue weighted by molar-refractivity contribution is 0.829. The van der Waals surface area contributed by atoms with Crippen LogP contribution in [0.2, 0.25) is 0 Å². The van der Waals surface area contributed by atoms with Crippen LogP contribution in [0.25, 0.3) is 5.69 Å². The first-order valence-electron chi connectivity index (χ1n) is 5.09. The van der Waals surface area contributed by atoms with Gasteiger partial charge in [0.2, 0.25) is 0 Å². The van der Waals surface area contributed by atoms with Crippen molar-refractivity contribution in [2.24, 2.45) is 0 Å². The summed E-state index contributed by atoms with van der Waals surface area (Å²) in [6.07, 6.45) is 0. The number of nitrogens with zero attached hydrogens (tertiary/aromatic N) is 2. The van der Waals surface area contributed by atoms with Crippen molar-refractivity contribution in [3.8, 4) is 5.69 Å². The molecular weight excluding hydrogens is 266 g/mol. The van der Waals surface area contributed by atoms with Crippen molar-refractivity contribution in [2.75, 3.05) is 5.73 Å². The van der Waals surface area contributed by atoms with Gasteiger partial charge in [0.25, 0.3) is 0 Å². The van der Waals surface area contributed by atoms with Gasteiger partial charge in [-0.2, -0.15) is 5.10 Å². The van der Waals surface area contributed by atoms with Gasteiger partial charge in [-0.25, -0.2) is 4.68 Å². The average molecular weight is 280 g/mol. The number of hydrogen-bond donors (Lipinski definition) is 1. The van der Waals surface area contributed by atoms with Gasteiger partial charge in [0.05, 0.1) is 27.2 Å². The van der Waals surface area contributed by atoms with Crippen molar-refractivity contribution in [1.82, 2.24) is 9.78 Å². The molecular formula is C12H14BrN3. The second-order valence-corrected chi connectivity index (χ2v) is 4.70. The van der Waals surface area contributed by atoms with Crippen molar-refractivity contribution < 1.29 is 0 Å². The fourth-order valence-corrected chi connectivity index (χ4v) is 2.06. The Hall–Kier alpha value is -1.29. The smallest absolute Gasteiger partial charge is 0.0907 e. The maximum atomic E-state index is 6.01. The molecule has 1 aromatic heterocycles. The molecule has 2 rings (SSSR count). The molecule has 0 unspecified atom stereocenters. The van der Waals surface area contributed by atoms with E-state index in [1.165, 1.54) is 0 Å². The largest absolute Gasteiger partial charge is 0.397 e. The van der Waals surface area contributed by atoms with Gasteiger partial charge < -0.3 is 5.73 Å². The van der Waals surface area contributed by atoms with Crippen molar-refractivity contribution in [3.63, 3.8) is 0 Å². The molecule has 0 fully saturated rings. The molecule has 0 aliphatic carbocycles. The van der Waals surface area contributed by atoms with Crippen LogP contribution in [0.3, 0.4) is 0 Å². The number of para-hydroxylation sites is 1. The fourth-order valence-electron chi connectivity index (χ4n) is 1.81. The number of benzene rings is 1. The Balaban J connectivity index is 2.72. The highest BCUT2D eigenvalue weighted by molar-refractivity contribution is 9.10. The molecule has 4 heteroatoms. The summed E-state index contributed by atoms with van der Waals surface area (Å²) in [5.74, 6) is 0. The Labute approximate surface area is 103 Å². The van der Waals surface area contributed by atoms with Gasteiger partial charge in [0.15, 0.2) is 0 Å². The fraction of sp³-hybridized carbons (Fsp3) is 0.250. The summed E-state index contributed by atoms with van der Waals surface area (Å²) in [6.45, 7) is 6.04. The SMILES string of the molecule is Cc1cccc(N)c1-n1nc(C)c(Br)c1C. The first kappa shape index (κ1) is 11.2. The molecule has 1 heterocycles. The van der Waals surface area contributed by atoms with E-state index >= 15 is 0 Å². The number of rotatable bonds is 1. The van der Waals surface area contributed by atoms with Crippen LogP contribution in [-0.2, 0) is 0 Å². The van der Waals surface area contributed by atoms with Crippen molar-refractivity contribution in [2.45, 2.75) is 20.8 Å². The third-order valence-electron chi connectivity index (χ3n) is 2.68. The van der Waals surface area contributed by atoms with Crippen LogP contribution in [0, 0.1) is 20.8 Å². The van der Waals surface area contributed by atoms with Crippen LogP contribution in [-0.4, -0.2) is 9.78 Å². The van der Waals surface area contributed by atoms with Crippen molar-refractivity contribution in [3.05, 3.63) is 39.6 Å². The Morgan fingerprint density at radius 2 is 1.94 bits per heavy atom. The molecule has 0 saturated carbocycles. The summed E-state index contributed by atoms with van der Waals surface area (Å²) in [7, 11) is 0. The molecule has 0 aliphatic heterocycles. The molecule has 0 atom stereocenters. The standard InChI is InChI=1S/C12H14BrN3/c1-7-5-4-6-10(14)12(7)16-9(3)11(13)8(2)15-16/h4-6H,14H2,1-3H3. The molecule has 0 spiro atoms. The lowest BCUT2D eigenvalue weighted by atomic mass is 10.1. The van der Waals surface area contributed by atoms with E-state index in [0.717, 1.165) is 32.8 Å². The number of aromatic nitrogens is 2. The number of hydrogen-bond acceptors (Lipinski definition) is 2. The molecule has 3 nitrogen and oxygen atoms in total. The van der Waals surface area contributed by atoms with E-state index in [9.17, 15) is 0 Å². The van der Waals surface area contributed by atoms with E-state index in [2.05, 4.69) is 21.0 Å². The Bertz CT molecular complexity index is 523. The minimum atomic E-state index is 0.748. The summed E-state index contributed by atoms with van der Waals surface area (Å²) in [4.78, 5) is 0. The monoisotopic (exact) mass is 279 g/mol. The molecule has 2 N–H and O–H groups in total. The van der Waals surface area contributed by atoms with Crippen LogP contribution < -0.4 is 5.73 Å². The van der Waals surface area contributed by atoms with Gasteiger partial charge in [-0.1, -0.05) is 12.1 Å². The predicted octanol–water partition coefficient (Wildman–Crippen LogP) is 3.14. The average Bonchev–Trinajstić information content (AvgIpc) is 2.47. The molecule has 0 bridgehead atoms. The lowest BCUT2D eigenvalue weighted by Gasteiger charge is -2.10. The van der Waals surface area contributed by atoms with Gasteiger partial charge in [0, 0.05) is 0 Å². The van der Waals surface area contributed by atoms with Gasteiger partial charge in [-0.15, -0.1) is 0 Å². The van der Waals surface area contributed by atoms with E-state index in [0.29, 0.717) is 0 Å². The van der Waals surface area contributed by atoms with E-state index in [1.807, 2.05) is 43.7 Å². The Morgan fingerprint density at radius 3 is 2.44 bits per heavy atom. The minimum Gasteiger partial charge on any atom is -0.397 e. The number of nitrogen functional groups attached to an aromatic ring is 1. The maximum Gasteiger partial charge on any atom is 0.0907 e. The highest BCUT2D eigenvalue weighted by Crippen LogP contribution is 2.27. The van der Waals surface area contributed by atoms with Crippen molar-refractivity contribution >= 4 is 21.6 Å². The predicted molar refractivity (Wildman–Crippen MR) is 69.9 cm³/mol. The summed E-state index contributed by atoms with van der Waals surface area (Å²) in [6, 6.07) is 5.89. The third-order valence-corrected chi connectivity index (χ3v) is 3.83. The zero-order valence-corrected chi connectivity index (χ0v) is 11.2. The van der Waals surface area contributed by atoms with Crippen LogP contribution in [0.15, 0.2) is 22.7 Å². The van der Waals surface area contributed by atoms with Crippen LogP contribution in [0.1, 0.15) is 17.0 Å². The highest BCUT2D eigenvalue weighted by Gasteiger charge is 2.13. The normalized spacial score (nSPS) is 10.8. The van der Waals surface area contributed by atoms with Crippen LogP contribution >= 0.6 is 15.9 Å². The second kappa shape index (κ2) is 3.94. The number of aryl methyl sites for hydroxylation is 2. The van der Waals surface area contributed by atoms with E-state index in [-0.39, 0.29) is 0 Å². The summed E-state index contributed by atoms with van der Waals surface area (Å²) in [5.41, 5.74) is 10.9. The number of halogens is 1. The Kier molecular flexibility index (Phi) is 2.76. The topological polar surface area (TPSA) is 43.8 Å². The molecule has 16 heavy (non-hydrogen) atoms. The van der Waals surface area contributed by atoms with E-state index in [4.69, 9.17) is 5.73 Å².